The molecule has 65 heavy (non-hydrogen) atoms. The molecule has 0 fully saturated rings. The number of phenols is 2. The highest BCUT2D eigenvalue weighted by atomic mass is 19.4. The number of carbonyl (C=O) groups is 1. The van der Waals surface area contributed by atoms with Crippen LogP contribution in [0.15, 0.2) is 97.6 Å². The van der Waals surface area contributed by atoms with Crippen molar-refractivity contribution in [2.45, 2.75) is 151 Å². The third kappa shape index (κ3) is 12.6. The monoisotopic (exact) mass is 906 g/mol. The number of alkyl halides is 5. The number of fused-ring (bicyclic) bond motifs is 2. The molecule has 4 aromatic rings. The fourth-order valence-corrected chi connectivity index (χ4v) is 10.3. The largest absolute Gasteiger partial charge is 0.508 e. The molecule has 0 radical (unpaired) electrons. The van der Waals surface area contributed by atoms with E-state index in [1.54, 1.807) is 32.4 Å². The fourth-order valence-electron chi connectivity index (χ4n) is 10.3. The van der Waals surface area contributed by atoms with Crippen molar-refractivity contribution in [1.82, 2.24) is 0 Å². The molecule has 4 unspecified atom stereocenters. The van der Waals surface area contributed by atoms with Crippen LogP contribution in [0.3, 0.4) is 0 Å². The Balaban J connectivity index is 0.000000279. The third-order valence-corrected chi connectivity index (χ3v) is 14.4. The Bertz CT molecular complexity index is 2150. The molecular weight excluding hydrogens is 840 g/mol. The first kappa shape index (κ1) is 50.9. The van der Waals surface area contributed by atoms with Crippen molar-refractivity contribution in [2.75, 3.05) is 14.2 Å². The van der Waals surface area contributed by atoms with E-state index in [0.717, 1.165) is 82.1 Å². The summed E-state index contributed by atoms with van der Waals surface area (Å²) in [5, 5.41) is 29.1. The lowest BCUT2D eigenvalue weighted by Gasteiger charge is -2.43. The number of benzene rings is 4. The molecule has 0 aliphatic heterocycles. The molecule has 3 N–H and O–H groups in total. The Morgan fingerprint density at radius 1 is 0.692 bits per heavy atom. The number of phenolic OH excluding ortho intramolecular Hbond substituents is 2. The van der Waals surface area contributed by atoms with Gasteiger partial charge in [0.25, 0.3) is 0 Å². The minimum absolute atomic E-state index is 0.0993. The average Bonchev–Trinajstić information content (AvgIpc) is 3.28. The molecule has 2 aliphatic rings. The van der Waals surface area contributed by atoms with Crippen molar-refractivity contribution >= 4 is 5.97 Å². The normalized spacial score (nSPS) is 20.9. The summed E-state index contributed by atoms with van der Waals surface area (Å²) in [4.78, 5) is 11.4. The van der Waals surface area contributed by atoms with E-state index in [4.69, 9.17) is 9.47 Å². The van der Waals surface area contributed by atoms with E-state index in [1.165, 1.54) is 33.4 Å². The lowest BCUT2D eigenvalue weighted by molar-refractivity contribution is -0.284. The predicted molar refractivity (Wildman–Crippen MR) is 247 cm³/mol. The Morgan fingerprint density at radius 2 is 1.18 bits per heavy atom. The van der Waals surface area contributed by atoms with Crippen molar-refractivity contribution in [2.24, 2.45) is 5.92 Å². The number of aryl methyl sites for hydroxylation is 2. The van der Waals surface area contributed by atoms with Crippen LogP contribution in [-0.4, -0.2) is 47.6 Å². The molecule has 0 heterocycles. The van der Waals surface area contributed by atoms with Crippen LogP contribution in [0.1, 0.15) is 149 Å². The summed E-state index contributed by atoms with van der Waals surface area (Å²) < 4.78 is 73.9. The zero-order valence-electron chi connectivity index (χ0n) is 38.4. The van der Waals surface area contributed by atoms with Gasteiger partial charge in [-0.2, -0.15) is 22.0 Å². The number of unbranched alkanes of at least 4 members (excludes halogenated alkanes) is 5. The van der Waals surface area contributed by atoms with Gasteiger partial charge in [0.15, 0.2) is 0 Å². The molecule has 6 rings (SSSR count). The number of rotatable bonds is 20. The number of allylic oxidation sites excluding steroid dienone is 1. The van der Waals surface area contributed by atoms with Gasteiger partial charge in [0, 0.05) is 6.42 Å². The van der Waals surface area contributed by atoms with Gasteiger partial charge in [-0.25, -0.2) is 0 Å². The van der Waals surface area contributed by atoms with Crippen LogP contribution in [0.2, 0.25) is 0 Å². The summed E-state index contributed by atoms with van der Waals surface area (Å²) >= 11 is 0. The number of hydrogen-bond donors (Lipinski definition) is 3. The maximum absolute atomic E-state index is 13.1. The number of aromatic hydroxyl groups is 2. The Morgan fingerprint density at radius 3 is 1.77 bits per heavy atom. The summed E-state index contributed by atoms with van der Waals surface area (Å²) in [6, 6.07) is 28.1. The number of hydrogen-bond acceptors (Lipinski definition) is 5. The second-order valence-corrected chi connectivity index (χ2v) is 18.5. The number of aliphatic carboxylic acids is 1. The molecule has 0 saturated heterocycles. The average molecular weight is 907 g/mol. The molecule has 6 nitrogen and oxygen atoms in total. The molecule has 0 bridgehead atoms. The van der Waals surface area contributed by atoms with Gasteiger partial charge in [-0.05, 0) is 162 Å². The molecule has 11 heteroatoms. The summed E-state index contributed by atoms with van der Waals surface area (Å²) in [6.45, 7) is 8.66. The maximum atomic E-state index is 13.1. The second-order valence-electron chi connectivity index (χ2n) is 18.5. The van der Waals surface area contributed by atoms with E-state index < -0.39 is 36.8 Å². The highest BCUT2D eigenvalue weighted by Crippen LogP contribution is 2.52. The van der Waals surface area contributed by atoms with Crippen LogP contribution in [0.4, 0.5) is 22.0 Å². The fraction of sp³-hybridized carbons (Fsp3) is 0.500. The lowest BCUT2D eigenvalue weighted by atomic mass is 9.60. The van der Waals surface area contributed by atoms with Crippen LogP contribution >= 0.6 is 0 Å². The van der Waals surface area contributed by atoms with Gasteiger partial charge in [0.05, 0.1) is 20.1 Å². The molecule has 4 aromatic carbocycles. The minimum Gasteiger partial charge on any atom is -0.508 e. The molecule has 2 aliphatic carbocycles. The molecule has 0 amide bonds. The summed E-state index contributed by atoms with van der Waals surface area (Å²) in [6.07, 6.45) is 5.74. The van der Waals surface area contributed by atoms with Gasteiger partial charge in [-0.1, -0.05) is 94.8 Å². The van der Waals surface area contributed by atoms with Gasteiger partial charge in [-0.15, -0.1) is 6.58 Å². The standard InChI is InChI=1S/C32H41F5O4.C22H26O2/c1-30(24-12-14-25(38)15-13-24)20-18-23-21-26(39)16-17-27(23)28(30)11-7-5-3-2-4-6-9-22(29(40)41)10-8-19-31(33,34)32(35,36)37;1-5-6-21-20-12-11-19(24-4)15-16(20)13-14-22(21,2)17-7-9-18(23-3)10-8-17/h12-17,21-22,28,38-39H,2-11,18-20H2,1H3,(H,40,41);5,7-12,15,21H,1,6,13-14H2,2-4H3/t22?,28?,30-;/m0./s1. The van der Waals surface area contributed by atoms with Crippen LogP contribution in [-0.2, 0) is 28.5 Å². The highest BCUT2D eigenvalue weighted by molar-refractivity contribution is 5.69. The molecule has 5 atom stereocenters. The van der Waals surface area contributed by atoms with E-state index >= 15 is 0 Å². The Kier molecular flexibility index (Phi) is 17.6. The third-order valence-electron chi connectivity index (χ3n) is 14.4. The van der Waals surface area contributed by atoms with Crippen LogP contribution in [0.25, 0.3) is 0 Å². The molecule has 0 aromatic heterocycles. The number of halogens is 5. The number of carboxylic acids is 1. The van der Waals surface area contributed by atoms with Gasteiger partial charge in [0.1, 0.15) is 23.0 Å². The Hall–Kier alpha value is -5.06. The highest BCUT2D eigenvalue weighted by Gasteiger charge is 2.56. The van der Waals surface area contributed by atoms with E-state index in [-0.39, 0.29) is 41.1 Å². The second kappa shape index (κ2) is 22.4. The topological polar surface area (TPSA) is 96.2 Å². The van der Waals surface area contributed by atoms with Gasteiger partial charge < -0.3 is 24.8 Å². The molecule has 354 valence electrons. The van der Waals surface area contributed by atoms with E-state index in [1.807, 2.05) is 30.3 Å². The van der Waals surface area contributed by atoms with Gasteiger partial charge >= 0.3 is 18.1 Å². The van der Waals surface area contributed by atoms with Crippen molar-refractivity contribution in [3.8, 4) is 23.0 Å². The summed E-state index contributed by atoms with van der Waals surface area (Å²) in [5.41, 5.74) is 7.78. The van der Waals surface area contributed by atoms with Crippen molar-refractivity contribution in [3.05, 3.63) is 131 Å². The zero-order valence-corrected chi connectivity index (χ0v) is 38.4. The van der Waals surface area contributed by atoms with E-state index in [0.29, 0.717) is 12.3 Å². The molecule has 0 spiro atoms. The lowest BCUT2D eigenvalue weighted by Crippen LogP contribution is -2.36. The number of ether oxygens (including phenoxy) is 2. The summed E-state index contributed by atoms with van der Waals surface area (Å²) in [5.74, 6) is -3.84. The van der Waals surface area contributed by atoms with Gasteiger partial charge in [0.2, 0.25) is 0 Å². The maximum Gasteiger partial charge on any atom is 0.453 e. The van der Waals surface area contributed by atoms with E-state index in [9.17, 15) is 42.1 Å². The van der Waals surface area contributed by atoms with Crippen LogP contribution < -0.4 is 9.47 Å². The first-order valence-corrected chi connectivity index (χ1v) is 23.1. The minimum atomic E-state index is -5.61. The molecular formula is C54H67F5O6. The van der Waals surface area contributed by atoms with Gasteiger partial charge in [-0.3, -0.25) is 4.79 Å². The zero-order chi connectivity index (χ0) is 47.4. The number of methoxy groups -OCH3 is 2. The first-order chi connectivity index (χ1) is 30.9. The first-order valence-electron chi connectivity index (χ1n) is 23.1. The van der Waals surface area contributed by atoms with Crippen molar-refractivity contribution in [3.63, 3.8) is 0 Å². The number of carboxylic acid groups (broad SMARTS) is 1. The van der Waals surface area contributed by atoms with Crippen LogP contribution in [0, 0.1) is 5.92 Å². The summed E-state index contributed by atoms with van der Waals surface area (Å²) in [7, 11) is 3.44. The predicted octanol–water partition coefficient (Wildman–Crippen LogP) is 14.5. The SMILES string of the molecule is C=CCC1c2ccc(OC)cc2CCC1(C)c1ccc(OC)cc1.C[C@@]1(c2ccc(O)cc2)CCc2cc(O)ccc2C1CCCCCCCCC(CCCC(F)(F)C(F)(F)F)C(=O)O. The van der Waals surface area contributed by atoms with Crippen molar-refractivity contribution in [1.29, 1.82) is 0 Å². The van der Waals surface area contributed by atoms with Crippen molar-refractivity contribution < 1.29 is 51.5 Å². The van der Waals surface area contributed by atoms with E-state index in [2.05, 4.69) is 62.9 Å². The quantitative estimate of drug-likeness (QED) is 0.0464. The Labute approximate surface area is 381 Å². The van der Waals surface area contributed by atoms with Crippen LogP contribution in [0.5, 0.6) is 23.0 Å². The smallest absolute Gasteiger partial charge is 0.453 e. The molecule has 0 saturated carbocycles.